The summed E-state index contributed by atoms with van der Waals surface area (Å²) in [6, 6.07) is 16.5. The summed E-state index contributed by atoms with van der Waals surface area (Å²) >= 11 is 1.74. The normalized spacial score (nSPS) is 19.7. The van der Waals surface area contributed by atoms with Gasteiger partial charge in [0.05, 0.1) is 7.11 Å². The molecule has 0 aromatic heterocycles. The second kappa shape index (κ2) is 6.96. The number of hydrogen-bond acceptors (Lipinski definition) is 3. The van der Waals surface area contributed by atoms with Crippen molar-refractivity contribution in [2.75, 3.05) is 7.11 Å². The van der Waals surface area contributed by atoms with E-state index >= 15 is 0 Å². The highest BCUT2D eigenvalue weighted by Crippen LogP contribution is 2.39. The number of amides is 2. The highest BCUT2D eigenvalue weighted by Gasteiger charge is 2.30. The Balaban J connectivity index is 1.62. The number of nitrogens with two attached hydrogens (primary N) is 1. The molecule has 2 aromatic carbocycles. The fraction of sp³-hybridized carbons (Fsp3) is 0.278. The molecule has 4 nitrogen and oxygen atoms in total. The summed E-state index contributed by atoms with van der Waals surface area (Å²) < 4.78 is 5.18. The van der Waals surface area contributed by atoms with E-state index in [9.17, 15) is 4.79 Å². The molecule has 0 saturated heterocycles. The van der Waals surface area contributed by atoms with E-state index in [0.29, 0.717) is 5.92 Å². The van der Waals surface area contributed by atoms with Gasteiger partial charge in [-0.05, 0) is 60.7 Å². The van der Waals surface area contributed by atoms with Crippen molar-refractivity contribution in [2.45, 2.75) is 34.6 Å². The van der Waals surface area contributed by atoms with Crippen molar-refractivity contribution in [3.05, 3.63) is 54.1 Å². The number of ether oxygens (including phenoxy) is 1. The Morgan fingerprint density at radius 2 is 1.91 bits per heavy atom. The molecule has 3 rings (SSSR count). The van der Waals surface area contributed by atoms with E-state index in [1.807, 2.05) is 12.1 Å². The maximum atomic E-state index is 10.8. The predicted octanol–water partition coefficient (Wildman–Crippen LogP) is 3.76. The molecule has 1 fully saturated rings. The third-order valence-electron chi connectivity index (χ3n) is 4.11. The Hall–Kier alpha value is -2.14. The molecule has 0 atom stereocenters. The van der Waals surface area contributed by atoms with E-state index in [2.05, 4.69) is 41.7 Å². The van der Waals surface area contributed by atoms with E-state index in [1.165, 1.54) is 15.4 Å². The topological polar surface area (TPSA) is 64.3 Å². The van der Waals surface area contributed by atoms with Crippen LogP contribution in [0, 0.1) is 0 Å². The average molecular weight is 328 g/mol. The predicted molar refractivity (Wildman–Crippen MR) is 92.0 cm³/mol. The van der Waals surface area contributed by atoms with Gasteiger partial charge in [0.25, 0.3) is 0 Å². The Morgan fingerprint density at radius 1 is 1.17 bits per heavy atom. The number of carbonyl (C=O) groups is 1. The zero-order valence-electron chi connectivity index (χ0n) is 13.0. The van der Waals surface area contributed by atoms with Crippen molar-refractivity contribution in [3.8, 4) is 5.75 Å². The zero-order chi connectivity index (χ0) is 16.2. The fourth-order valence-electron chi connectivity index (χ4n) is 2.82. The lowest BCUT2D eigenvalue weighted by molar-refractivity contribution is 0.230. The van der Waals surface area contributed by atoms with Crippen LogP contribution in [0.25, 0.3) is 0 Å². The van der Waals surface area contributed by atoms with Gasteiger partial charge in [0, 0.05) is 15.8 Å². The van der Waals surface area contributed by atoms with E-state index in [1.54, 1.807) is 18.9 Å². The van der Waals surface area contributed by atoms with Crippen LogP contribution in [-0.4, -0.2) is 19.2 Å². The van der Waals surface area contributed by atoms with Crippen LogP contribution in [0.15, 0.2) is 58.3 Å². The highest BCUT2D eigenvalue weighted by atomic mass is 32.2. The van der Waals surface area contributed by atoms with Gasteiger partial charge in [0.2, 0.25) is 0 Å². The molecule has 3 N–H and O–H groups in total. The van der Waals surface area contributed by atoms with Crippen molar-refractivity contribution >= 4 is 17.8 Å². The molecule has 0 bridgehead atoms. The number of urea groups is 1. The Morgan fingerprint density at radius 3 is 2.57 bits per heavy atom. The number of rotatable bonds is 5. The van der Waals surface area contributed by atoms with E-state index in [-0.39, 0.29) is 6.04 Å². The SMILES string of the molecule is COc1ccc(Sc2cccc([C@H]3C[C@H](NC(N)=O)C3)c2)cc1. The maximum absolute atomic E-state index is 10.8. The van der Waals surface area contributed by atoms with Gasteiger partial charge in [-0.3, -0.25) is 0 Å². The second-order valence-electron chi connectivity index (χ2n) is 5.72. The summed E-state index contributed by atoms with van der Waals surface area (Å²) in [6.45, 7) is 0. The van der Waals surface area contributed by atoms with Crippen molar-refractivity contribution in [3.63, 3.8) is 0 Å². The molecular weight excluding hydrogens is 308 g/mol. The summed E-state index contributed by atoms with van der Waals surface area (Å²) in [5.74, 6) is 1.37. The Kier molecular flexibility index (Phi) is 4.76. The first kappa shape index (κ1) is 15.7. The lowest BCUT2D eigenvalue weighted by atomic mass is 9.76. The van der Waals surface area contributed by atoms with Gasteiger partial charge in [0.15, 0.2) is 0 Å². The number of carbonyl (C=O) groups excluding carboxylic acids is 1. The minimum absolute atomic E-state index is 0.218. The van der Waals surface area contributed by atoms with Crippen LogP contribution in [0.2, 0.25) is 0 Å². The van der Waals surface area contributed by atoms with Crippen molar-refractivity contribution in [1.29, 1.82) is 0 Å². The third kappa shape index (κ3) is 3.99. The molecule has 1 aliphatic carbocycles. The van der Waals surface area contributed by atoms with Crippen molar-refractivity contribution in [1.82, 2.24) is 5.32 Å². The maximum Gasteiger partial charge on any atom is 0.312 e. The molecule has 23 heavy (non-hydrogen) atoms. The van der Waals surface area contributed by atoms with Crippen molar-refractivity contribution < 1.29 is 9.53 Å². The molecule has 1 aliphatic rings. The molecule has 0 heterocycles. The molecule has 0 radical (unpaired) electrons. The van der Waals surface area contributed by atoms with Gasteiger partial charge in [0.1, 0.15) is 5.75 Å². The first-order valence-electron chi connectivity index (χ1n) is 7.62. The monoisotopic (exact) mass is 328 g/mol. The van der Waals surface area contributed by atoms with E-state index in [4.69, 9.17) is 10.5 Å². The van der Waals surface area contributed by atoms with Crippen LogP contribution in [0.1, 0.15) is 24.3 Å². The summed E-state index contributed by atoms with van der Waals surface area (Å²) in [5.41, 5.74) is 6.48. The number of nitrogens with one attached hydrogen (secondary N) is 1. The fourth-order valence-corrected chi connectivity index (χ4v) is 3.71. The number of hydrogen-bond donors (Lipinski definition) is 2. The minimum Gasteiger partial charge on any atom is -0.497 e. The molecule has 0 aliphatic heterocycles. The van der Waals surface area contributed by atoms with E-state index in [0.717, 1.165) is 18.6 Å². The number of primary amides is 1. The number of methoxy groups -OCH3 is 1. The molecule has 120 valence electrons. The third-order valence-corrected chi connectivity index (χ3v) is 5.11. The lowest BCUT2D eigenvalue weighted by Crippen LogP contribution is -2.45. The van der Waals surface area contributed by atoms with Crippen LogP contribution < -0.4 is 15.8 Å². The molecule has 0 spiro atoms. The van der Waals surface area contributed by atoms with Gasteiger partial charge in [-0.25, -0.2) is 4.79 Å². The molecule has 2 amide bonds. The Labute approximate surface area is 140 Å². The van der Waals surface area contributed by atoms with Gasteiger partial charge in [-0.15, -0.1) is 0 Å². The highest BCUT2D eigenvalue weighted by molar-refractivity contribution is 7.99. The first-order valence-corrected chi connectivity index (χ1v) is 8.43. The van der Waals surface area contributed by atoms with Crippen molar-refractivity contribution in [2.24, 2.45) is 5.73 Å². The summed E-state index contributed by atoms with van der Waals surface area (Å²) in [5, 5.41) is 2.77. The quantitative estimate of drug-likeness (QED) is 0.878. The van der Waals surface area contributed by atoms with Gasteiger partial charge < -0.3 is 15.8 Å². The van der Waals surface area contributed by atoms with Gasteiger partial charge in [-0.1, -0.05) is 23.9 Å². The molecule has 5 heteroatoms. The summed E-state index contributed by atoms with van der Waals surface area (Å²) in [7, 11) is 1.67. The number of benzene rings is 2. The van der Waals surface area contributed by atoms with Gasteiger partial charge >= 0.3 is 6.03 Å². The average Bonchev–Trinajstić information content (AvgIpc) is 2.51. The van der Waals surface area contributed by atoms with Gasteiger partial charge in [-0.2, -0.15) is 0 Å². The molecule has 0 unspecified atom stereocenters. The standard InChI is InChI=1S/C18H20N2O2S/c1-22-15-5-7-16(8-6-15)23-17-4-2-3-12(11-17)13-9-14(10-13)20-18(19)21/h2-8,11,13-14H,9-10H2,1H3,(H3,19,20,21)/t13-,14-. The summed E-state index contributed by atoms with van der Waals surface area (Å²) in [4.78, 5) is 13.3. The zero-order valence-corrected chi connectivity index (χ0v) is 13.8. The molecule has 2 aromatic rings. The second-order valence-corrected chi connectivity index (χ2v) is 6.87. The van der Waals surface area contributed by atoms with Crippen LogP contribution >= 0.6 is 11.8 Å². The summed E-state index contributed by atoms with van der Waals surface area (Å²) in [6.07, 6.45) is 1.92. The van der Waals surface area contributed by atoms with Crippen LogP contribution in [0.4, 0.5) is 4.79 Å². The van der Waals surface area contributed by atoms with E-state index < -0.39 is 6.03 Å². The minimum atomic E-state index is -0.433. The largest absolute Gasteiger partial charge is 0.497 e. The Bertz CT molecular complexity index is 682. The molecular formula is C18H20N2O2S. The van der Waals surface area contributed by atoms with Crippen LogP contribution in [-0.2, 0) is 0 Å². The molecule has 1 saturated carbocycles. The van der Waals surface area contributed by atoms with Crippen LogP contribution in [0.5, 0.6) is 5.75 Å². The van der Waals surface area contributed by atoms with Crippen LogP contribution in [0.3, 0.4) is 0 Å². The smallest absolute Gasteiger partial charge is 0.312 e. The lowest BCUT2D eigenvalue weighted by Gasteiger charge is -2.35. The first-order chi connectivity index (χ1) is 11.1.